The first-order chi connectivity index (χ1) is 5.67. The summed E-state index contributed by atoms with van der Waals surface area (Å²) in [6.07, 6.45) is 6.00. The van der Waals surface area contributed by atoms with Gasteiger partial charge in [-0.15, -0.1) is 0 Å². The standard InChI is InChI=1S/C11H18O/c1-8(2)11-6-4-3-5-9(11)10(12)7-11/h8-9H,3-7H2,1-2H3/t9-,11+/m0/s1. The van der Waals surface area contributed by atoms with E-state index in [1.54, 1.807) is 0 Å². The molecule has 0 aliphatic heterocycles. The van der Waals surface area contributed by atoms with Gasteiger partial charge in [0.2, 0.25) is 0 Å². The summed E-state index contributed by atoms with van der Waals surface area (Å²) < 4.78 is 0. The molecule has 0 amide bonds. The summed E-state index contributed by atoms with van der Waals surface area (Å²) in [5, 5.41) is 0. The summed E-state index contributed by atoms with van der Waals surface area (Å²) in [5.74, 6) is 1.70. The molecular weight excluding hydrogens is 148 g/mol. The van der Waals surface area contributed by atoms with Gasteiger partial charge in [0.05, 0.1) is 0 Å². The molecule has 1 heteroatoms. The predicted octanol–water partition coefficient (Wildman–Crippen LogP) is 2.79. The molecule has 12 heavy (non-hydrogen) atoms. The van der Waals surface area contributed by atoms with Crippen molar-refractivity contribution in [1.82, 2.24) is 0 Å². The number of hydrogen-bond acceptors (Lipinski definition) is 1. The summed E-state index contributed by atoms with van der Waals surface area (Å²) >= 11 is 0. The molecule has 2 rings (SSSR count). The van der Waals surface area contributed by atoms with Gasteiger partial charge in [-0.1, -0.05) is 26.7 Å². The molecule has 0 heterocycles. The Balaban J connectivity index is 2.18. The molecule has 0 aromatic rings. The first-order valence-corrected chi connectivity index (χ1v) is 5.19. The van der Waals surface area contributed by atoms with E-state index in [0.717, 1.165) is 6.42 Å². The average Bonchev–Trinajstić information content (AvgIpc) is 2.02. The molecule has 2 fully saturated rings. The lowest BCUT2D eigenvalue weighted by Crippen LogP contribution is -2.53. The van der Waals surface area contributed by atoms with Crippen LogP contribution in [0.5, 0.6) is 0 Å². The van der Waals surface area contributed by atoms with Crippen molar-refractivity contribution in [3.63, 3.8) is 0 Å². The Bertz CT molecular complexity index is 207. The monoisotopic (exact) mass is 166 g/mol. The maximum absolute atomic E-state index is 11.4. The fraction of sp³-hybridized carbons (Fsp3) is 0.909. The third-order valence-electron chi connectivity index (χ3n) is 4.12. The van der Waals surface area contributed by atoms with Gasteiger partial charge in [0.1, 0.15) is 5.78 Å². The highest BCUT2D eigenvalue weighted by Gasteiger charge is 2.55. The van der Waals surface area contributed by atoms with Gasteiger partial charge in [-0.2, -0.15) is 0 Å². The molecule has 0 spiro atoms. The van der Waals surface area contributed by atoms with E-state index < -0.39 is 0 Å². The second-order valence-electron chi connectivity index (χ2n) is 4.83. The largest absolute Gasteiger partial charge is 0.299 e. The van der Waals surface area contributed by atoms with E-state index in [0.29, 0.717) is 23.0 Å². The highest BCUT2D eigenvalue weighted by atomic mass is 16.1. The molecule has 0 radical (unpaired) electrons. The van der Waals surface area contributed by atoms with E-state index in [9.17, 15) is 4.79 Å². The van der Waals surface area contributed by atoms with Crippen LogP contribution in [0.25, 0.3) is 0 Å². The minimum absolute atomic E-state index is 0.440. The Kier molecular flexibility index (Phi) is 1.78. The van der Waals surface area contributed by atoms with Crippen LogP contribution in [0.4, 0.5) is 0 Å². The van der Waals surface area contributed by atoms with E-state index in [2.05, 4.69) is 13.8 Å². The quantitative estimate of drug-likeness (QED) is 0.585. The topological polar surface area (TPSA) is 17.1 Å². The Morgan fingerprint density at radius 2 is 2.17 bits per heavy atom. The van der Waals surface area contributed by atoms with E-state index in [-0.39, 0.29) is 0 Å². The second-order valence-corrected chi connectivity index (χ2v) is 4.83. The first-order valence-electron chi connectivity index (χ1n) is 5.19. The van der Waals surface area contributed by atoms with Crippen LogP contribution in [0.2, 0.25) is 0 Å². The zero-order valence-corrected chi connectivity index (χ0v) is 8.10. The molecule has 2 saturated carbocycles. The Morgan fingerprint density at radius 3 is 2.67 bits per heavy atom. The van der Waals surface area contributed by atoms with Crippen LogP contribution < -0.4 is 0 Å². The van der Waals surface area contributed by atoms with Crippen LogP contribution in [0.15, 0.2) is 0 Å². The van der Waals surface area contributed by atoms with Crippen LogP contribution in [-0.2, 0) is 4.79 Å². The van der Waals surface area contributed by atoms with Crippen LogP contribution in [0.1, 0.15) is 46.0 Å². The summed E-state index contributed by atoms with van der Waals surface area (Å²) in [7, 11) is 0. The highest BCUT2D eigenvalue weighted by molar-refractivity contribution is 5.89. The number of carbonyl (C=O) groups excluding carboxylic acids is 1. The minimum atomic E-state index is 0.440. The Morgan fingerprint density at radius 1 is 1.42 bits per heavy atom. The average molecular weight is 166 g/mol. The lowest BCUT2D eigenvalue weighted by atomic mass is 9.49. The summed E-state index contributed by atoms with van der Waals surface area (Å²) in [5.41, 5.74) is 0.440. The Hall–Kier alpha value is -0.330. The van der Waals surface area contributed by atoms with Crippen LogP contribution >= 0.6 is 0 Å². The molecule has 0 unspecified atom stereocenters. The molecule has 0 saturated heterocycles. The molecule has 68 valence electrons. The molecule has 1 nitrogen and oxygen atoms in total. The molecule has 2 aliphatic carbocycles. The molecule has 2 aliphatic rings. The van der Waals surface area contributed by atoms with E-state index in [1.807, 2.05) is 0 Å². The highest BCUT2D eigenvalue weighted by Crippen LogP contribution is 2.57. The number of rotatable bonds is 1. The number of ketones is 1. The molecule has 0 aromatic carbocycles. The van der Waals surface area contributed by atoms with Gasteiger partial charge in [-0.3, -0.25) is 4.79 Å². The SMILES string of the molecule is CC(C)[C@]12CCCC[C@H]1C(=O)C2. The second kappa shape index (κ2) is 2.58. The molecular formula is C11H18O. The van der Waals surface area contributed by atoms with Gasteiger partial charge in [-0.05, 0) is 24.2 Å². The normalized spacial score (nSPS) is 40.9. The fourth-order valence-corrected chi connectivity index (χ4v) is 3.17. The predicted molar refractivity (Wildman–Crippen MR) is 48.9 cm³/mol. The van der Waals surface area contributed by atoms with Crippen molar-refractivity contribution in [1.29, 1.82) is 0 Å². The van der Waals surface area contributed by atoms with E-state index in [1.165, 1.54) is 25.7 Å². The van der Waals surface area contributed by atoms with Crippen LogP contribution in [-0.4, -0.2) is 5.78 Å². The summed E-state index contributed by atoms with van der Waals surface area (Å²) in [4.78, 5) is 11.4. The number of fused-ring (bicyclic) bond motifs is 1. The first kappa shape index (κ1) is 8.28. The zero-order chi connectivity index (χ0) is 8.77. The molecule has 2 atom stereocenters. The van der Waals surface area contributed by atoms with Crippen molar-refractivity contribution >= 4 is 5.78 Å². The van der Waals surface area contributed by atoms with Crippen LogP contribution in [0, 0.1) is 17.3 Å². The number of Topliss-reactive ketones (excluding diaryl/α,β-unsaturated/α-hetero) is 1. The van der Waals surface area contributed by atoms with Gasteiger partial charge >= 0.3 is 0 Å². The third-order valence-corrected chi connectivity index (χ3v) is 4.12. The van der Waals surface area contributed by atoms with Crippen molar-refractivity contribution in [3.8, 4) is 0 Å². The number of carbonyl (C=O) groups is 1. The van der Waals surface area contributed by atoms with Crippen molar-refractivity contribution in [3.05, 3.63) is 0 Å². The smallest absolute Gasteiger partial charge is 0.137 e. The molecule has 0 bridgehead atoms. The Labute approximate surface area is 74.5 Å². The van der Waals surface area contributed by atoms with Crippen LogP contribution in [0.3, 0.4) is 0 Å². The van der Waals surface area contributed by atoms with Gasteiger partial charge in [0.15, 0.2) is 0 Å². The summed E-state index contributed by atoms with van der Waals surface area (Å²) in [6, 6.07) is 0. The van der Waals surface area contributed by atoms with Crippen molar-refractivity contribution < 1.29 is 4.79 Å². The van der Waals surface area contributed by atoms with E-state index >= 15 is 0 Å². The van der Waals surface area contributed by atoms with Gasteiger partial charge < -0.3 is 0 Å². The lowest BCUT2D eigenvalue weighted by molar-refractivity contribution is -0.152. The van der Waals surface area contributed by atoms with Crippen molar-refractivity contribution in [2.45, 2.75) is 46.0 Å². The third kappa shape index (κ3) is 0.884. The zero-order valence-electron chi connectivity index (χ0n) is 8.10. The maximum atomic E-state index is 11.4. The van der Waals surface area contributed by atoms with Crippen molar-refractivity contribution in [2.24, 2.45) is 17.3 Å². The minimum Gasteiger partial charge on any atom is -0.299 e. The summed E-state index contributed by atoms with van der Waals surface area (Å²) in [6.45, 7) is 4.57. The van der Waals surface area contributed by atoms with Gasteiger partial charge in [-0.25, -0.2) is 0 Å². The fourth-order valence-electron chi connectivity index (χ4n) is 3.17. The molecule has 0 aromatic heterocycles. The maximum Gasteiger partial charge on any atom is 0.137 e. The molecule has 0 N–H and O–H groups in total. The lowest BCUT2D eigenvalue weighted by Gasteiger charge is -2.54. The van der Waals surface area contributed by atoms with E-state index in [4.69, 9.17) is 0 Å². The van der Waals surface area contributed by atoms with Gasteiger partial charge in [0.25, 0.3) is 0 Å². The van der Waals surface area contributed by atoms with Gasteiger partial charge in [0, 0.05) is 12.3 Å². The number of hydrogen-bond donors (Lipinski definition) is 0. The van der Waals surface area contributed by atoms with Crippen molar-refractivity contribution in [2.75, 3.05) is 0 Å².